The standard InChI is InChI=1S/C26H31ClN4O2S/c27-19-6-4-16(5-7-19)20-17-2-3-18(20)13-31(12-17)24-28-22-21(34(33)15-25(22)10-11-25)23(29-24)30-26(14-32)8-1-9-26/h4-7,17-18,20,32H,1-3,8-15H2,(H,28,29,30). The lowest BCUT2D eigenvalue weighted by Gasteiger charge is -2.42. The van der Waals surface area contributed by atoms with Crippen LogP contribution in [0.5, 0.6) is 0 Å². The molecular weight excluding hydrogens is 468 g/mol. The molecular formula is C26H31ClN4O2S. The Morgan fingerprint density at radius 1 is 1.09 bits per heavy atom. The van der Waals surface area contributed by atoms with Crippen molar-refractivity contribution in [2.45, 2.75) is 66.7 Å². The number of nitrogens with one attached hydrogen (secondary N) is 1. The molecule has 2 N–H and O–H groups in total. The number of halogens is 1. The van der Waals surface area contributed by atoms with Crippen molar-refractivity contribution < 1.29 is 9.32 Å². The number of anilines is 2. The number of benzene rings is 1. The van der Waals surface area contributed by atoms with Crippen molar-refractivity contribution >= 4 is 34.2 Å². The first-order chi connectivity index (χ1) is 16.5. The van der Waals surface area contributed by atoms with Gasteiger partial charge in [-0.2, -0.15) is 4.98 Å². The first kappa shape index (κ1) is 21.6. The van der Waals surface area contributed by atoms with Gasteiger partial charge in [-0.05, 0) is 80.4 Å². The second kappa shape index (κ2) is 7.65. The number of hydrogen-bond donors (Lipinski definition) is 2. The maximum absolute atomic E-state index is 13.2. The summed E-state index contributed by atoms with van der Waals surface area (Å²) >= 11 is 6.14. The summed E-state index contributed by atoms with van der Waals surface area (Å²) < 4.78 is 13.2. The fraction of sp³-hybridized carbons (Fsp3) is 0.615. The number of nitrogens with zero attached hydrogens (tertiary/aromatic N) is 3. The first-order valence-electron chi connectivity index (χ1n) is 12.7. The van der Waals surface area contributed by atoms with Crippen LogP contribution in [-0.2, 0) is 16.2 Å². The monoisotopic (exact) mass is 498 g/mol. The molecule has 3 aliphatic carbocycles. The van der Waals surface area contributed by atoms with E-state index in [-0.39, 0.29) is 17.6 Å². The number of rotatable bonds is 5. The van der Waals surface area contributed by atoms with Crippen molar-refractivity contribution in [1.82, 2.24) is 9.97 Å². The Kier molecular flexibility index (Phi) is 4.85. The van der Waals surface area contributed by atoms with Crippen LogP contribution in [0.15, 0.2) is 29.2 Å². The van der Waals surface area contributed by atoms with E-state index in [2.05, 4.69) is 22.3 Å². The molecule has 34 heavy (non-hydrogen) atoms. The molecule has 2 aliphatic heterocycles. The van der Waals surface area contributed by atoms with E-state index in [0.29, 0.717) is 29.3 Å². The molecule has 1 aromatic heterocycles. The van der Waals surface area contributed by atoms with Crippen LogP contribution in [0.4, 0.5) is 11.8 Å². The van der Waals surface area contributed by atoms with Crippen molar-refractivity contribution in [2.24, 2.45) is 11.8 Å². The van der Waals surface area contributed by atoms with Gasteiger partial charge >= 0.3 is 0 Å². The zero-order valence-electron chi connectivity index (χ0n) is 19.3. The van der Waals surface area contributed by atoms with Crippen LogP contribution in [0.2, 0.25) is 5.02 Å². The SMILES string of the molecule is O=S1CC2(CC2)c2nc(N3CC4CCC(C3)C4c3ccc(Cl)cc3)nc(NC3(CO)CCC3)c21. The third-order valence-electron chi connectivity index (χ3n) is 9.21. The molecule has 3 unspecified atom stereocenters. The zero-order valence-corrected chi connectivity index (χ0v) is 20.9. The highest BCUT2D eigenvalue weighted by Gasteiger charge is 2.55. The van der Waals surface area contributed by atoms with E-state index in [0.717, 1.165) is 66.8 Å². The van der Waals surface area contributed by atoms with Gasteiger partial charge in [0.2, 0.25) is 5.95 Å². The Balaban J connectivity index is 1.23. The smallest absolute Gasteiger partial charge is 0.227 e. The van der Waals surface area contributed by atoms with Crippen LogP contribution in [0.25, 0.3) is 0 Å². The maximum atomic E-state index is 13.2. The van der Waals surface area contributed by atoms with Gasteiger partial charge in [0.1, 0.15) is 10.7 Å². The predicted molar refractivity (Wildman–Crippen MR) is 134 cm³/mol. The van der Waals surface area contributed by atoms with E-state index in [1.54, 1.807) is 0 Å². The van der Waals surface area contributed by atoms with Crippen molar-refractivity contribution in [3.05, 3.63) is 40.5 Å². The van der Waals surface area contributed by atoms with Crippen LogP contribution in [0.1, 0.15) is 62.1 Å². The fourth-order valence-electron chi connectivity index (χ4n) is 6.96. The molecule has 4 fully saturated rings. The van der Waals surface area contributed by atoms with E-state index in [4.69, 9.17) is 21.6 Å². The molecule has 8 heteroatoms. The van der Waals surface area contributed by atoms with Gasteiger partial charge < -0.3 is 15.3 Å². The molecule has 2 aromatic rings. The van der Waals surface area contributed by atoms with Crippen LogP contribution in [0, 0.1) is 11.8 Å². The van der Waals surface area contributed by atoms with Crippen molar-refractivity contribution in [3.8, 4) is 0 Å². The second-order valence-electron chi connectivity index (χ2n) is 11.3. The lowest BCUT2D eigenvalue weighted by molar-refractivity contribution is 0.143. The van der Waals surface area contributed by atoms with Gasteiger partial charge in [-0.25, -0.2) is 4.98 Å². The van der Waals surface area contributed by atoms with Gasteiger partial charge in [0.05, 0.1) is 28.6 Å². The van der Waals surface area contributed by atoms with Crippen LogP contribution in [-0.4, -0.2) is 50.3 Å². The highest BCUT2D eigenvalue weighted by atomic mass is 35.5. The maximum Gasteiger partial charge on any atom is 0.227 e. The predicted octanol–water partition coefficient (Wildman–Crippen LogP) is 4.24. The summed E-state index contributed by atoms with van der Waals surface area (Å²) in [6.45, 7) is 1.97. The van der Waals surface area contributed by atoms with E-state index in [1.165, 1.54) is 18.4 Å². The third-order valence-corrected chi connectivity index (χ3v) is 11.1. The topological polar surface area (TPSA) is 78.4 Å². The average Bonchev–Trinajstić information content (AvgIpc) is 3.47. The molecule has 1 saturated heterocycles. The van der Waals surface area contributed by atoms with Gasteiger partial charge in [0.15, 0.2) is 0 Å². The molecule has 1 aromatic carbocycles. The molecule has 1 spiro atoms. The molecule has 6 nitrogen and oxygen atoms in total. The number of piperidine rings is 1. The van der Waals surface area contributed by atoms with Crippen molar-refractivity contribution in [2.75, 3.05) is 35.7 Å². The summed E-state index contributed by atoms with van der Waals surface area (Å²) in [5, 5.41) is 14.4. The molecule has 7 rings (SSSR count). The Bertz CT molecular complexity index is 1140. The van der Waals surface area contributed by atoms with Gasteiger partial charge in [-0.1, -0.05) is 23.7 Å². The quantitative estimate of drug-likeness (QED) is 0.642. The largest absolute Gasteiger partial charge is 0.394 e. The highest BCUT2D eigenvalue weighted by Crippen LogP contribution is 2.56. The number of hydrogen-bond acceptors (Lipinski definition) is 6. The fourth-order valence-corrected chi connectivity index (χ4v) is 8.94. The van der Waals surface area contributed by atoms with Gasteiger partial charge in [0, 0.05) is 29.3 Å². The zero-order chi connectivity index (χ0) is 23.1. The molecule has 0 amide bonds. The number of fused-ring (bicyclic) bond motifs is 4. The Labute approximate surface area is 208 Å². The summed E-state index contributed by atoms with van der Waals surface area (Å²) in [6, 6.07) is 8.41. The average molecular weight is 499 g/mol. The first-order valence-corrected chi connectivity index (χ1v) is 14.4. The van der Waals surface area contributed by atoms with Crippen molar-refractivity contribution in [3.63, 3.8) is 0 Å². The highest BCUT2D eigenvalue weighted by molar-refractivity contribution is 7.85. The second-order valence-corrected chi connectivity index (χ2v) is 13.1. The molecule has 180 valence electrons. The Morgan fingerprint density at radius 2 is 1.79 bits per heavy atom. The number of aliphatic hydroxyl groups excluding tert-OH is 1. The Hall–Kier alpha value is -1.70. The van der Waals surface area contributed by atoms with E-state index < -0.39 is 10.8 Å². The van der Waals surface area contributed by atoms with E-state index in [1.807, 2.05) is 12.1 Å². The van der Waals surface area contributed by atoms with Crippen molar-refractivity contribution in [1.29, 1.82) is 0 Å². The number of aliphatic hydroxyl groups is 1. The van der Waals surface area contributed by atoms with Gasteiger partial charge in [-0.15, -0.1) is 0 Å². The van der Waals surface area contributed by atoms with Gasteiger partial charge in [-0.3, -0.25) is 4.21 Å². The minimum absolute atomic E-state index is 0.0130. The molecule has 3 saturated carbocycles. The molecule has 5 aliphatic rings. The van der Waals surface area contributed by atoms with E-state index >= 15 is 0 Å². The summed E-state index contributed by atoms with van der Waals surface area (Å²) in [7, 11) is -1.08. The van der Waals surface area contributed by atoms with Crippen LogP contribution < -0.4 is 10.2 Å². The minimum atomic E-state index is -1.08. The third kappa shape index (κ3) is 3.26. The minimum Gasteiger partial charge on any atom is -0.394 e. The van der Waals surface area contributed by atoms with E-state index in [9.17, 15) is 9.32 Å². The molecule has 0 radical (unpaired) electrons. The van der Waals surface area contributed by atoms with Crippen LogP contribution >= 0.6 is 11.6 Å². The normalized spacial score (nSPS) is 31.9. The van der Waals surface area contributed by atoms with Gasteiger partial charge in [0.25, 0.3) is 0 Å². The molecule has 3 atom stereocenters. The summed E-state index contributed by atoms with van der Waals surface area (Å²) in [4.78, 5) is 13.3. The molecule has 3 heterocycles. The summed E-state index contributed by atoms with van der Waals surface area (Å²) in [5.74, 6) is 3.88. The Morgan fingerprint density at radius 3 is 2.38 bits per heavy atom. The summed E-state index contributed by atoms with van der Waals surface area (Å²) in [5.41, 5.74) is 2.07. The summed E-state index contributed by atoms with van der Waals surface area (Å²) in [6.07, 6.45) is 7.53. The van der Waals surface area contributed by atoms with Crippen LogP contribution in [0.3, 0.4) is 0 Å². The number of aromatic nitrogens is 2. The molecule has 2 bridgehead atoms. The lowest BCUT2D eigenvalue weighted by atomic mass is 9.77. The lowest BCUT2D eigenvalue weighted by Crippen LogP contribution is -2.49.